The van der Waals surface area contributed by atoms with Gasteiger partial charge in [-0.25, -0.2) is 9.18 Å². The number of nitrogens with zero attached hydrogens (tertiary/aromatic N) is 1. The van der Waals surface area contributed by atoms with E-state index in [2.05, 4.69) is 5.32 Å². The number of nitro groups is 1. The van der Waals surface area contributed by atoms with Crippen LogP contribution in [-0.2, 0) is 9.53 Å². The van der Waals surface area contributed by atoms with Crippen molar-refractivity contribution in [1.82, 2.24) is 0 Å². The molecular weight excluding hydrogens is 335 g/mol. The molecule has 2 aromatic carbocycles. The lowest BCUT2D eigenvalue weighted by molar-refractivity contribution is -0.384. The summed E-state index contributed by atoms with van der Waals surface area (Å²) in [7, 11) is 1.44. The summed E-state index contributed by atoms with van der Waals surface area (Å²) in [6.45, 7) is -0.682. The highest BCUT2D eigenvalue weighted by molar-refractivity contribution is 5.95. The lowest BCUT2D eigenvalue weighted by atomic mass is 10.2. The molecule has 1 N–H and O–H groups in total. The second-order valence-electron chi connectivity index (χ2n) is 4.78. The first kappa shape index (κ1) is 17.9. The van der Waals surface area contributed by atoms with Gasteiger partial charge in [0.2, 0.25) is 0 Å². The van der Waals surface area contributed by atoms with Gasteiger partial charge in [0.15, 0.2) is 6.61 Å². The third-order valence-corrected chi connectivity index (χ3v) is 3.07. The van der Waals surface area contributed by atoms with Gasteiger partial charge in [-0.15, -0.1) is 0 Å². The molecule has 0 saturated carbocycles. The zero-order valence-electron chi connectivity index (χ0n) is 13.0. The van der Waals surface area contributed by atoms with Crippen LogP contribution in [0.5, 0.6) is 5.75 Å². The molecule has 0 aliphatic heterocycles. The molecule has 2 rings (SSSR count). The fourth-order valence-electron chi connectivity index (χ4n) is 1.87. The van der Waals surface area contributed by atoms with E-state index < -0.39 is 29.2 Å². The van der Waals surface area contributed by atoms with Crippen molar-refractivity contribution >= 4 is 23.3 Å². The molecule has 130 valence electrons. The van der Waals surface area contributed by atoms with Crippen molar-refractivity contribution in [3.05, 3.63) is 64.0 Å². The zero-order valence-corrected chi connectivity index (χ0v) is 13.0. The number of nitro benzene ring substituents is 1. The number of ether oxygens (including phenoxy) is 2. The third-order valence-electron chi connectivity index (χ3n) is 3.07. The molecule has 0 fully saturated rings. The summed E-state index contributed by atoms with van der Waals surface area (Å²) >= 11 is 0. The first-order chi connectivity index (χ1) is 11.9. The molecule has 0 unspecified atom stereocenters. The van der Waals surface area contributed by atoms with Crippen molar-refractivity contribution in [2.75, 3.05) is 19.0 Å². The number of esters is 1. The van der Waals surface area contributed by atoms with Gasteiger partial charge in [0.05, 0.1) is 23.3 Å². The van der Waals surface area contributed by atoms with Crippen LogP contribution in [0.1, 0.15) is 10.4 Å². The largest absolute Gasteiger partial charge is 0.497 e. The van der Waals surface area contributed by atoms with E-state index in [-0.39, 0.29) is 16.9 Å². The fraction of sp³-hybridized carbons (Fsp3) is 0.125. The lowest BCUT2D eigenvalue weighted by Gasteiger charge is -2.08. The van der Waals surface area contributed by atoms with Crippen LogP contribution in [0.3, 0.4) is 0 Å². The first-order valence-electron chi connectivity index (χ1n) is 6.95. The van der Waals surface area contributed by atoms with Crippen LogP contribution in [0.4, 0.5) is 15.8 Å². The van der Waals surface area contributed by atoms with Gasteiger partial charge in [-0.2, -0.15) is 0 Å². The Kier molecular flexibility index (Phi) is 5.62. The number of hydrogen-bond donors (Lipinski definition) is 1. The van der Waals surface area contributed by atoms with Crippen molar-refractivity contribution in [1.29, 1.82) is 0 Å². The Morgan fingerprint density at radius 2 is 2.00 bits per heavy atom. The minimum atomic E-state index is -0.849. The number of methoxy groups -OCH3 is 1. The number of carbonyl (C=O) groups excluding carboxylic acids is 2. The van der Waals surface area contributed by atoms with Gasteiger partial charge in [-0.3, -0.25) is 14.9 Å². The number of hydrogen-bond acceptors (Lipinski definition) is 6. The second kappa shape index (κ2) is 7.86. The monoisotopic (exact) mass is 348 g/mol. The van der Waals surface area contributed by atoms with E-state index >= 15 is 0 Å². The van der Waals surface area contributed by atoms with Crippen molar-refractivity contribution in [3.63, 3.8) is 0 Å². The van der Waals surface area contributed by atoms with Crippen LogP contribution in [0.2, 0.25) is 0 Å². The molecule has 0 heterocycles. The highest BCUT2D eigenvalue weighted by Crippen LogP contribution is 2.21. The van der Waals surface area contributed by atoms with Crippen molar-refractivity contribution in [3.8, 4) is 5.75 Å². The van der Waals surface area contributed by atoms with Crippen LogP contribution in [0.25, 0.3) is 0 Å². The van der Waals surface area contributed by atoms with E-state index in [1.54, 1.807) is 12.1 Å². The van der Waals surface area contributed by atoms with Gasteiger partial charge < -0.3 is 14.8 Å². The highest BCUT2D eigenvalue weighted by atomic mass is 19.1. The van der Waals surface area contributed by atoms with E-state index in [1.165, 1.54) is 19.2 Å². The summed E-state index contributed by atoms with van der Waals surface area (Å²) in [5, 5.41) is 12.8. The topological polar surface area (TPSA) is 108 Å². The summed E-state index contributed by atoms with van der Waals surface area (Å²) < 4.78 is 23.4. The molecule has 1 amide bonds. The normalized spacial score (nSPS) is 10.0. The minimum absolute atomic E-state index is 0.175. The fourth-order valence-corrected chi connectivity index (χ4v) is 1.87. The minimum Gasteiger partial charge on any atom is -0.497 e. The quantitative estimate of drug-likeness (QED) is 0.488. The molecule has 9 heteroatoms. The summed E-state index contributed by atoms with van der Waals surface area (Å²) in [6.07, 6.45) is 0. The summed E-state index contributed by atoms with van der Waals surface area (Å²) in [4.78, 5) is 33.6. The van der Waals surface area contributed by atoms with Crippen molar-refractivity contribution in [2.45, 2.75) is 0 Å². The summed E-state index contributed by atoms with van der Waals surface area (Å²) in [5.41, 5.74) is -0.588. The van der Waals surface area contributed by atoms with Crippen molar-refractivity contribution < 1.29 is 28.4 Å². The van der Waals surface area contributed by atoms with E-state index in [9.17, 15) is 24.1 Å². The Balaban J connectivity index is 1.97. The molecule has 0 aromatic heterocycles. The Morgan fingerprint density at radius 1 is 1.24 bits per heavy atom. The number of halogens is 1. The Labute approximate surface area is 141 Å². The molecule has 0 bridgehead atoms. The number of non-ortho nitro benzene ring substituents is 1. The van der Waals surface area contributed by atoms with Crippen LogP contribution < -0.4 is 10.1 Å². The molecule has 0 atom stereocenters. The number of carbonyl (C=O) groups is 2. The SMILES string of the molecule is COc1cccc(C(=O)OCC(=O)Nc2cc([N+](=O)[O-])ccc2F)c1. The Bertz CT molecular complexity index is 824. The maximum atomic E-state index is 13.6. The average molecular weight is 348 g/mol. The molecule has 0 aliphatic rings. The predicted molar refractivity (Wildman–Crippen MR) is 85.0 cm³/mol. The Hall–Kier alpha value is -3.49. The lowest BCUT2D eigenvalue weighted by Crippen LogP contribution is -2.21. The number of amides is 1. The smallest absolute Gasteiger partial charge is 0.338 e. The maximum absolute atomic E-state index is 13.6. The van der Waals surface area contributed by atoms with Gasteiger partial charge in [-0.05, 0) is 24.3 Å². The van der Waals surface area contributed by atoms with E-state index in [1.807, 2.05) is 0 Å². The molecule has 0 radical (unpaired) electrons. The van der Waals surface area contributed by atoms with E-state index in [4.69, 9.17) is 9.47 Å². The van der Waals surface area contributed by atoms with E-state index in [0.717, 1.165) is 18.2 Å². The van der Waals surface area contributed by atoms with E-state index in [0.29, 0.717) is 5.75 Å². The van der Waals surface area contributed by atoms with Gasteiger partial charge in [-0.1, -0.05) is 6.07 Å². The van der Waals surface area contributed by atoms with Gasteiger partial charge in [0, 0.05) is 12.1 Å². The van der Waals surface area contributed by atoms with Crippen LogP contribution in [0, 0.1) is 15.9 Å². The van der Waals surface area contributed by atoms with Crippen LogP contribution in [0.15, 0.2) is 42.5 Å². The molecule has 8 nitrogen and oxygen atoms in total. The van der Waals surface area contributed by atoms with Crippen molar-refractivity contribution in [2.24, 2.45) is 0 Å². The van der Waals surface area contributed by atoms with Crippen LogP contribution >= 0.6 is 0 Å². The van der Waals surface area contributed by atoms with Gasteiger partial charge in [0.25, 0.3) is 11.6 Å². The molecule has 2 aromatic rings. The number of rotatable bonds is 6. The molecule has 0 spiro atoms. The summed E-state index contributed by atoms with van der Waals surface area (Å²) in [6, 6.07) is 8.81. The zero-order chi connectivity index (χ0) is 18.4. The molecule has 0 saturated heterocycles. The highest BCUT2D eigenvalue weighted by Gasteiger charge is 2.15. The molecule has 25 heavy (non-hydrogen) atoms. The number of anilines is 1. The predicted octanol–water partition coefficient (Wildman–Crippen LogP) is 2.54. The molecule has 0 aliphatic carbocycles. The first-order valence-corrected chi connectivity index (χ1v) is 6.95. The number of benzene rings is 2. The summed E-state index contributed by atoms with van der Waals surface area (Å²) in [5.74, 6) is -2.01. The average Bonchev–Trinajstić information content (AvgIpc) is 2.61. The standard InChI is InChI=1S/C16H13FN2O6/c1-24-12-4-2-3-10(7-12)16(21)25-9-15(20)18-14-8-11(19(22)23)5-6-13(14)17/h2-8H,9H2,1H3,(H,18,20). The third kappa shape index (κ3) is 4.74. The Morgan fingerprint density at radius 3 is 2.68 bits per heavy atom. The second-order valence-corrected chi connectivity index (χ2v) is 4.78. The van der Waals surface area contributed by atoms with Gasteiger partial charge >= 0.3 is 5.97 Å². The maximum Gasteiger partial charge on any atom is 0.338 e. The molecular formula is C16H13FN2O6. The van der Waals surface area contributed by atoms with Gasteiger partial charge in [0.1, 0.15) is 11.6 Å². The number of nitrogens with one attached hydrogen (secondary N) is 1. The van der Waals surface area contributed by atoms with Crippen LogP contribution in [-0.4, -0.2) is 30.5 Å².